The summed E-state index contributed by atoms with van der Waals surface area (Å²) in [5.41, 5.74) is 1.92. The topological polar surface area (TPSA) is 47.9 Å². The Morgan fingerprint density at radius 3 is 2.67 bits per heavy atom. The second-order valence-corrected chi connectivity index (χ2v) is 5.09. The fraction of sp³-hybridized carbons (Fsp3) is 0.250. The molecule has 0 aliphatic rings. The van der Waals surface area contributed by atoms with Gasteiger partial charge in [-0.15, -0.1) is 0 Å². The number of rotatable bonds is 4. The van der Waals surface area contributed by atoms with Gasteiger partial charge in [0.2, 0.25) is 0 Å². The van der Waals surface area contributed by atoms with Crippen LogP contribution in [0.25, 0.3) is 0 Å². The molecule has 0 bridgehead atoms. The normalized spacial score (nSPS) is 10.6. The first-order valence-corrected chi connectivity index (χ1v) is 6.75. The van der Waals surface area contributed by atoms with Crippen LogP contribution in [0.15, 0.2) is 24.5 Å². The maximum absolute atomic E-state index is 6.09. The molecule has 18 heavy (non-hydrogen) atoms. The number of nitrogens with zero attached hydrogens (tertiary/aromatic N) is 3. The first kappa shape index (κ1) is 13.6. The average molecular weight is 376 g/mol. The summed E-state index contributed by atoms with van der Waals surface area (Å²) >= 11 is 8.22. The molecule has 2 heterocycles. The molecular formula is C12H11ClIN3O. The van der Waals surface area contributed by atoms with Gasteiger partial charge in [-0.3, -0.25) is 4.98 Å². The Morgan fingerprint density at radius 2 is 2.00 bits per heavy atom. The van der Waals surface area contributed by atoms with Crippen LogP contribution >= 0.6 is 34.2 Å². The van der Waals surface area contributed by atoms with Gasteiger partial charge in [0.15, 0.2) is 0 Å². The van der Waals surface area contributed by atoms with Gasteiger partial charge < -0.3 is 4.74 Å². The van der Waals surface area contributed by atoms with Crippen molar-refractivity contribution in [1.29, 1.82) is 0 Å². The molecule has 0 aliphatic heterocycles. The summed E-state index contributed by atoms with van der Waals surface area (Å²) in [5, 5.41) is 0.474. The monoisotopic (exact) mass is 375 g/mol. The number of ether oxygens (including phenoxy) is 1. The standard InChI is InChI=1S/C12H11ClIN3O/c1-18-7-9-11(14)12(13)17-10(16-9)6-8-2-4-15-5-3-8/h2-5H,6-7H2,1H3. The largest absolute Gasteiger partial charge is 0.378 e. The molecule has 0 N–H and O–H groups in total. The Kier molecular flexibility index (Phi) is 4.85. The van der Waals surface area contributed by atoms with E-state index in [1.807, 2.05) is 12.1 Å². The lowest BCUT2D eigenvalue weighted by Crippen LogP contribution is -2.05. The van der Waals surface area contributed by atoms with E-state index in [0.29, 0.717) is 24.0 Å². The zero-order valence-corrected chi connectivity index (χ0v) is 12.6. The Hall–Kier alpha value is -0.790. The number of methoxy groups -OCH3 is 1. The number of hydrogen-bond donors (Lipinski definition) is 0. The zero-order chi connectivity index (χ0) is 13.0. The molecule has 94 valence electrons. The fourth-order valence-corrected chi connectivity index (χ4v) is 2.11. The maximum atomic E-state index is 6.09. The van der Waals surface area contributed by atoms with Crippen molar-refractivity contribution in [2.24, 2.45) is 0 Å². The second kappa shape index (κ2) is 6.40. The first-order chi connectivity index (χ1) is 8.70. The highest BCUT2D eigenvalue weighted by atomic mass is 127. The lowest BCUT2D eigenvalue weighted by molar-refractivity contribution is 0.180. The Balaban J connectivity index is 2.28. The molecule has 2 rings (SSSR count). The van der Waals surface area contributed by atoms with E-state index in [1.165, 1.54) is 0 Å². The lowest BCUT2D eigenvalue weighted by Gasteiger charge is -2.07. The molecule has 6 heteroatoms. The van der Waals surface area contributed by atoms with Gasteiger partial charge in [-0.1, -0.05) is 11.6 Å². The molecule has 0 unspecified atom stereocenters. The highest BCUT2D eigenvalue weighted by Crippen LogP contribution is 2.20. The van der Waals surface area contributed by atoms with E-state index in [4.69, 9.17) is 16.3 Å². The SMILES string of the molecule is COCc1nc(Cc2ccncc2)nc(Cl)c1I. The third-order valence-corrected chi connectivity index (χ3v) is 4.04. The quantitative estimate of drug-likeness (QED) is 0.609. The van der Waals surface area contributed by atoms with Crippen molar-refractivity contribution in [2.75, 3.05) is 7.11 Å². The lowest BCUT2D eigenvalue weighted by atomic mass is 10.2. The molecule has 0 radical (unpaired) electrons. The van der Waals surface area contributed by atoms with E-state index in [0.717, 1.165) is 14.8 Å². The highest BCUT2D eigenvalue weighted by Gasteiger charge is 2.10. The third-order valence-electron chi connectivity index (χ3n) is 2.32. The summed E-state index contributed by atoms with van der Waals surface area (Å²) in [6.07, 6.45) is 4.13. The summed E-state index contributed by atoms with van der Waals surface area (Å²) in [6, 6.07) is 3.87. The summed E-state index contributed by atoms with van der Waals surface area (Å²) in [4.78, 5) is 12.7. The van der Waals surface area contributed by atoms with E-state index < -0.39 is 0 Å². The van der Waals surface area contributed by atoms with Gasteiger partial charge in [-0.2, -0.15) is 0 Å². The van der Waals surface area contributed by atoms with Crippen molar-refractivity contribution in [3.63, 3.8) is 0 Å². The van der Waals surface area contributed by atoms with Crippen LogP contribution in [0.3, 0.4) is 0 Å². The molecule has 2 aromatic heterocycles. The fourth-order valence-electron chi connectivity index (χ4n) is 1.51. The van der Waals surface area contributed by atoms with Crippen LogP contribution in [0.2, 0.25) is 5.15 Å². The van der Waals surface area contributed by atoms with Crippen molar-refractivity contribution >= 4 is 34.2 Å². The van der Waals surface area contributed by atoms with Gasteiger partial charge in [-0.25, -0.2) is 9.97 Å². The van der Waals surface area contributed by atoms with Gasteiger partial charge in [-0.05, 0) is 40.3 Å². The molecular weight excluding hydrogens is 365 g/mol. The molecule has 0 atom stereocenters. The van der Waals surface area contributed by atoms with Crippen LogP contribution in [-0.4, -0.2) is 22.1 Å². The maximum Gasteiger partial charge on any atom is 0.146 e. The molecule has 0 spiro atoms. The predicted octanol–water partition coefficient (Wildman–Crippen LogP) is 2.87. The molecule has 0 saturated heterocycles. The Morgan fingerprint density at radius 1 is 1.28 bits per heavy atom. The summed E-state index contributed by atoms with van der Waals surface area (Å²) < 4.78 is 5.95. The minimum Gasteiger partial charge on any atom is -0.378 e. The van der Waals surface area contributed by atoms with Crippen LogP contribution < -0.4 is 0 Å². The van der Waals surface area contributed by atoms with Crippen molar-refractivity contribution in [2.45, 2.75) is 13.0 Å². The molecule has 0 amide bonds. The van der Waals surface area contributed by atoms with E-state index in [1.54, 1.807) is 19.5 Å². The van der Waals surface area contributed by atoms with Crippen LogP contribution in [0.5, 0.6) is 0 Å². The third kappa shape index (κ3) is 3.37. The van der Waals surface area contributed by atoms with Crippen LogP contribution in [0.4, 0.5) is 0 Å². The molecule has 0 fully saturated rings. The zero-order valence-electron chi connectivity index (χ0n) is 9.73. The minimum absolute atomic E-state index is 0.434. The first-order valence-electron chi connectivity index (χ1n) is 5.29. The van der Waals surface area contributed by atoms with Crippen molar-refractivity contribution in [3.8, 4) is 0 Å². The van der Waals surface area contributed by atoms with Crippen LogP contribution in [-0.2, 0) is 17.8 Å². The molecule has 0 aliphatic carbocycles. The van der Waals surface area contributed by atoms with Gasteiger partial charge in [0, 0.05) is 25.9 Å². The summed E-state index contributed by atoms with van der Waals surface area (Å²) in [5.74, 6) is 0.693. The number of hydrogen-bond acceptors (Lipinski definition) is 4. The average Bonchev–Trinajstić information content (AvgIpc) is 2.37. The van der Waals surface area contributed by atoms with E-state index in [9.17, 15) is 0 Å². The van der Waals surface area contributed by atoms with Gasteiger partial charge >= 0.3 is 0 Å². The van der Waals surface area contributed by atoms with Gasteiger partial charge in [0.1, 0.15) is 11.0 Å². The van der Waals surface area contributed by atoms with Crippen LogP contribution in [0.1, 0.15) is 17.1 Å². The molecule has 0 aromatic carbocycles. The van der Waals surface area contributed by atoms with Gasteiger partial charge in [0.25, 0.3) is 0 Å². The molecule has 4 nitrogen and oxygen atoms in total. The van der Waals surface area contributed by atoms with Crippen molar-refractivity contribution in [3.05, 3.63) is 50.3 Å². The molecule has 0 saturated carbocycles. The minimum atomic E-state index is 0.434. The van der Waals surface area contributed by atoms with Gasteiger partial charge in [0.05, 0.1) is 15.9 Å². The van der Waals surface area contributed by atoms with E-state index in [2.05, 4.69) is 37.5 Å². The summed E-state index contributed by atoms with van der Waals surface area (Å²) in [6.45, 7) is 0.434. The van der Waals surface area contributed by atoms with Crippen LogP contribution in [0, 0.1) is 3.57 Å². The van der Waals surface area contributed by atoms with Crippen molar-refractivity contribution < 1.29 is 4.74 Å². The highest BCUT2D eigenvalue weighted by molar-refractivity contribution is 14.1. The predicted molar refractivity (Wildman–Crippen MR) is 77.5 cm³/mol. The number of pyridine rings is 1. The number of halogens is 2. The summed E-state index contributed by atoms with van der Waals surface area (Å²) in [7, 11) is 1.63. The van der Waals surface area contributed by atoms with E-state index in [-0.39, 0.29) is 0 Å². The Bertz CT molecular complexity index is 536. The Labute approximate surface area is 124 Å². The van der Waals surface area contributed by atoms with E-state index >= 15 is 0 Å². The van der Waals surface area contributed by atoms with Crippen molar-refractivity contribution in [1.82, 2.24) is 15.0 Å². The number of aromatic nitrogens is 3. The molecule has 2 aromatic rings. The second-order valence-electron chi connectivity index (χ2n) is 3.66. The smallest absolute Gasteiger partial charge is 0.146 e.